The zero-order valence-electron chi connectivity index (χ0n) is 18.0. The summed E-state index contributed by atoms with van der Waals surface area (Å²) in [6, 6.07) is 14.7. The van der Waals surface area contributed by atoms with Crippen LogP contribution < -0.4 is 10.6 Å². The number of rotatable bonds is 11. The molecular formula is C24H28N2O6. The molecule has 3 N–H and O–H groups in total. The van der Waals surface area contributed by atoms with Crippen molar-refractivity contribution < 1.29 is 29.0 Å². The van der Waals surface area contributed by atoms with Gasteiger partial charge in [-0.1, -0.05) is 48.5 Å². The highest BCUT2D eigenvalue weighted by Crippen LogP contribution is 2.44. The number of nitrogens with one attached hydrogen (secondary N) is 2. The quantitative estimate of drug-likeness (QED) is 0.463. The first-order chi connectivity index (χ1) is 15.5. The summed E-state index contributed by atoms with van der Waals surface area (Å²) < 4.78 is 10.4. The first kappa shape index (κ1) is 23.3. The molecule has 32 heavy (non-hydrogen) atoms. The Morgan fingerprint density at radius 3 is 2.22 bits per heavy atom. The molecule has 0 radical (unpaired) electrons. The number of carbonyl (C=O) groups is 3. The van der Waals surface area contributed by atoms with Crippen molar-refractivity contribution in [3.05, 3.63) is 59.7 Å². The van der Waals surface area contributed by atoms with Gasteiger partial charge in [-0.05, 0) is 35.1 Å². The Morgan fingerprint density at radius 1 is 1.00 bits per heavy atom. The normalized spacial score (nSPS) is 13.0. The highest BCUT2D eigenvalue weighted by Gasteiger charge is 2.30. The molecule has 8 heteroatoms. The second kappa shape index (κ2) is 11.3. The van der Waals surface area contributed by atoms with Gasteiger partial charge < -0.3 is 25.2 Å². The summed E-state index contributed by atoms with van der Waals surface area (Å²) in [6.45, 7) is 1.02. The lowest BCUT2D eigenvalue weighted by atomic mass is 9.98. The summed E-state index contributed by atoms with van der Waals surface area (Å²) in [4.78, 5) is 35.9. The van der Waals surface area contributed by atoms with Gasteiger partial charge in [0.2, 0.25) is 5.91 Å². The third kappa shape index (κ3) is 5.85. The molecule has 0 aromatic heterocycles. The minimum absolute atomic E-state index is 0.0816. The van der Waals surface area contributed by atoms with Gasteiger partial charge in [-0.2, -0.15) is 0 Å². The van der Waals surface area contributed by atoms with Crippen LogP contribution in [0.3, 0.4) is 0 Å². The Balaban J connectivity index is 1.58. The van der Waals surface area contributed by atoms with Gasteiger partial charge in [0.15, 0.2) is 0 Å². The Labute approximate surface area is 186 Å². The molecule has 3 rings (SSSR count). The fourth-order valence-corrected chi connectivity index (χ4v) is 3.87. The minimum Gasteiger partial charge on any atom is -0.481 e. The van der Waals surface area contributed by atoms with E-state index in [9.17, 15) is 14.4 Å². The van der Waals surface area contributed by atoms with Crippen molar-refractivity contribution in [1.82, 2.24) is 10.6 Å². The van der Waals surface area contributed by atoms with Crippen molar-refractivity contribution >= 4 is 18.0 Å². The predicted octanol–water partition coefficient (Wildman–Crippen LogP) is 2.91. The summed E-state index contributed by atoms with van der Waals surface area (Å²) in [5, 5.41) is 14.2. The molecule has 2 aromatic rings. The molecule has 1 unspecified atom stereocenters. The number of methoxy groups -OCH3 is 1. The topological polar surface area (TPSA) is 114 Å². The number of hydrogen-bond acceptors (Lipinski definition) is 5. The largest absolute Gasteiger partial charge is 0.481 e. The minimum atomic E-state index is -1.22. The maximum absolute atomic E-state index is 12.4. The van der Waals surface area contributed by atoms with E-state index in [1.807, 2.05) is 48.5 Å². The van der Waals surface area contributed by atoms with Crippen LogP contribution in [0.5, 0.6) is 0 Å². The monoisotopic (exact) mass is 440 g/mol. The molecule has 2 amide bonds. The van der Waals surface area contributed by atoms with Crippen LogP contribution >= 0.6 is 0 Å². The highest BCUT2D eigenvalue weighted by atomic mass is 16.5. The van der Waals surface area contributed by atoms with Crippen molar-refractivity contribution in [1.29, 1.82) is 0 Å². The van der Waals surface area contributed by atoms with Gasteiger partial charge in [-0.3, -0.25) is 9.59 Å². The maximum Gasteiger partial charge on any atom is 0.407 e. The Hall–Kier alpha value is -3.39. The molecule has 1 aliphatic carbocycles. The van der Waals surface area contributed by atoms with Gasteiger partial charge in [0, 0.05) is 26.2 Å². The van der Waals surface area contributed by atoms with Crippen molar-refractivity contribution in [3.63, 3.8) is 0 Å². The standard InChI is InChI=1S/C24H28N2O6/c1-31-13-7-6-12-25-23(29)21(14-22(27)28)26-24(30)32-15-20-18-10-4-2-8-16(18)17-9-3-5-11-19(17)20/h2-5,8-11,20-21H,6-7,12-15H2,1H3,(H,25,29)(H,26,30)(H,27,28). The van der Waals surface area contributed by atoms with Gasteiger partial charge in [0.05, 0.1) is 6.42 Å². The molecule has 0 bridgehead atoms. The van der Waals surface area contributed by atoms with Crippen LogP contribution in [0.4, 0.5) is 4.79 Å². The van der Waals surface area contributed by atoms with Gasteiger partial charge >= 0.3 is 12.1 Å². The van der Waals surface area contributed by atoms with Crippen molar-refractivity contribution in [2.24, 2.45) is 0 Å². The van der Waals surface area contributed by atoms with E-state index in [1.54, 1.807) is 7.11 Å². The molecule has 0 saturated carbocycles. The SMILES string of the molecule is COCCCCNC(=O)C(CC(=O)O)NC(=O)OCC1c2ccccc2-c2ccccc21. The third-order valence-corrected chi connectivity index (χ3v) is 5.41. The van der Waals surface area contributed by atoms with E-state index in [-0.39, 0.29) is 12.5 Å². The highest BCUT2D eigenvalue weighted by molar-refractivity contribution is 5.89. The molecule has 0 heterocycles. The molecule has 2 aromatic carbocycles. The second-order valence-corrected chi connectivity index (χ2v) is 7.61. The van der Waals surface area contributed by atoms with Crippen molar-refractivity contribution in [2.45, 2.75) is 31.2 Å². The molecule has 1 atom stereocenters. The van der Waals surface area contributed by atoms with Crippen LogP contribution in [0.25, 0.3) is 11.1 Å². The fourth-order valence-electron chi connectivity index (χ4n) is 3.87. The molecule has 0 spiro atoms. The molecule has 8 nitrogen and oxygen atoms in total. The van der Waals surface area contributed by atoms with E-state index in [0.29, 0.717) is 19.6 Å². The van der Waals surface area contributed by atoms with E-state index in [2.05, 4.69) is 10.6 Å². The van der Waals surface area contributed by atoms with E-state index in [1.165, 1.54) is 0 Å². The van der Waals surface area contributed by atoms with E-state index in [0.717, 1.165) is 28.7 Å². The number of amides is 2. The number of carboxylic acids is 1. The second-order valence-electron chi connectivity index (χ2n) is 7.61. The number of carbonyl (C=O) groups excluding carboxylic acids is 2. The lowest BCUT2D eigenvalue weighted by Crippen LogP contribution is -2.48. The average Bonchev–Trinajstić information content (AvgIpc) is 3.10. The third-order valence-electron chi connectivity index (χ3n) is 5.41. The summed E-state index contributed by atoms with van der Waals surface area (Å²) in [5.74, 6) is -1.87. The lowest BCUT2D eigenvalue weighted by molar-refractivity contribution is -0.139. The zero-order chi connectivity index (χ0) is 22.9. The van der Waals surface area contributed by atoms with Crippen LogP contribution in [0.1, 0.15) is 36.3 Å². The number of aliphatic carboxylic acids is 1. The Morgan fingerprint density at radius 2 is 1.62 bits per heavy atom. The molecule has 0 fully saturated rings. The summed E-state index contributed by atoms with van der Waals surface area (Å²) >= 11 is 0. The van der Waals surface area contributed by atoms with Gasteiger partial charge in [-0.15, -0.1) is 0 Å². The smallest absolute Gasteiger partial charge is 0.407 e. The molecule has 170 valence electrons. The van der Waals surface area contributed by atoms with Gasteiger partial charge in [0.1, 0.15) is 12.6 Å². The average molecular weight is 440 g/mol. The number of benzene rings is 2. The summed E-state index contributed by atoms with van der Waals surface area (Å²) in [5.41, 5.74) is 4.34. The first-order valence-corrected chi connectivity index (χ1v) is 10.6. The summed E-state index contributed by atoms with van der Waals surface area (Å²) in [6.07, 6.45) is 0.0890. The molecule has 1 aliphatic rings. The number of ether oxygens (including phenoxy) is 2. The van der Waals surface area contributed by atoms with E-state index in [4.69, 9.17) is 14.6 Å². The molecule has 0 aliphatic heterocycles. The fraction of sp³-hybridized carbons (Fsp3) is 0.375. The van der Waals surface area contributed by atoms with Crippen LogP contribution in [0.15, 0.2) is 48.5 Å². The van der Waals surface area contributed by atoms with Gasteiger partial charge in [0.25, 0.3) is 0 Å². The van der Waals surface area contributed by atoms with E-state index >= 15 is 0 Å². The number of fused-ring (bicyclic) bond motifs is 3. The zero-order valence-corrected chi connectivity index (χ0v) is 18.0. The van der Waals surface area contributed by atoms with Crippen LogP contribution in [-0.2, 0) is 19.1 Å². The van der Waals surface area contributed by atoms with Gasteiger partial charge in [-0.25, -0.2) is 4.79 Å². The number of alkyl carbamates (subject to hydrolysis) is 1. The lowest BCUT2D eigenvalue weighted by Gasteiger charge is -2.18. The molecule has 0 saturated heterocycles. The van der Waals surface area contributed by atoms with E-state index < -0.39 is 30.4 Å². The number of unbranched alkanes of at least 4 members (excludes halogenated alkanes) is 1. The Bertz CT molecular complexity index is 916. The van der Waals surface area contributed by atoms with Crippen molar-refractivity contribution in [3.8, 4) is 11.1 Å². The maximum atomic E-state index is 12.4. The van der Waals surface area contributed by atoms with Crippen LogP contribution in [0, 0.1) is 0 Å². The number of hydrogen-bond donors (Lipinski definition) is 3. The van der Waals surface area contributed by atoms with Crippen molar-refractivity contribution in [2.75, 3.05) is 26.9 Å². The molecular weight excluding hydrogens is 412 g/mol. The number of carboxylic acid groups (broad SMARTS) is 1. The Kier molecular flexibility index (Phi) is 8.21. The first-order valence-electron chi connectivity index (χ1n) is 10.6. The van der Waals surface area contributed by atoms with Crippen LogP contribution in [0.2, 0.25) is 0 Å². The van der Waals surface area contributed by atoms with Crippen LogP contribution in [-0.4, -0.2) is 56.0 Å². The predicted molar refractivity (Wildman–Crippen MR) is 118 cm³/mol. The summed E-state index contributed by atoms with van der Waals surface area (Å²) in [7, 11) is 1.60.